The summed E-state index contributed by atoms with van der Waals surface area (Å²) in [5, 5.41) is 0.338. The van der Waals surface area contributed by atoms with Gasteiger partial charge in [-0.2, -0.15) is 13.2 Å². The van der Waals surface area contributed by atoms with Crippen molar-refractivity contribution in [2.24, 2.45) is 4.99 Å². The van der Waals surface area contributed by atoms with Crippen molar-refractivity contribution in [2.45, 2.75) is 19.1 Å². The maximum Gasteiger partial charge on any atom is 0.434 e. The molecule has 1 aliphatic heterocycles. The van der Waals surface area contributed by atoms with E-state index in [9.17, 15) is 22.8 Å². The van der Waals surface area contributed by atoms with Gasteiger partial charge in [-0.05, 0) is 80.3 Å². The molecule has 0 bridgehead atoms. The van der Waals surface area contributed by atoms with Crippen LogP contribution in [-0.2, 0) is 9.53 Å². The maximum atomic E-state index is 14.2. The van der Waals surface area contributed by atoms with Gasteiger partial charge in [-0.3, -0.25) is 9.36 Å². The van der Waals surface area contributed by atoms with Crippen LogP contribution in [0.3, 0.4) is 0 Å². The third-order valence-electron chi connectivity index (χ3n) is 5.30. The van der Waals surface area contributed by atoms with Crippen molar-refractivity contribution in [1.82, 2.24) is 4.57 Å². The molecule has 1 aromatic heterocycles. The summed E-state index contributed by atoms with van der Waals surface area (Å²) in [6.45, 7) is 1.32. The molecule has 0 N–H and O–H groups in total. The second-order valence-electron chi connectivity index (χ2n) is 7.63. The Morgan fingerprint density at radius 2 is 1.84 bits per heavy atom. The maximum absolute atomic E-state index is 14.2. The topological polar surface area (TPSA) is 69.9 Å². The number of carbonyl (C=O) groups is 1. The van der Waals surface area contributed by atoms with Crippen molar-refractivity contribution in [2.75, 3.05) is 13.7 Å². The Kier molecular flexibility index (Phi) is 8.03. The molecule has 0 saturated carbocycles. The number of hydrogen-bond donors (Lipinski definition) is 0. The Hall–Kier alpha value is -2.41. The van der Waals surface area contributed by atoms with Gasteiger partial charge in [0.25, 0.3) is 5.56 Å². The number of nitrogens with zero attached hydrogens (tertiary/aromatic N) is 2. The first-order valence-corrected chi connectivity index (χ1v) is 13.3. The van der Waals surface area contributed by atoms with Gasteiger partial charge in [-0.25, -0.2) is 9.79 Å². The molecule has 3 aromatic rings. The number of carbonyl (C=O) groups excluding carboxylic acids is 1. The number of hydrogen-bond acceptors (Lipinski definition) is 6. The highest BCUT2D eigenvalue weighted by Gasteiger charge is 2.45. The molecule has 1 aliphatic rings. The summed E-state index contributed by atoms with van der Waals surface area (Å²) in [6.07, 6.45) is -3.45. The van der Waals surface area contributed by atoms with E-state index in [2.05, 4.69) is 36.9 Å². The zero-order chi connectivity index (χ0) is 27.1. The first-order valence-electron chi connectivity index (χ1n) is 10.5. The highest BCUT2D eigenvalue weighted by Crippen LogP contribution is 2.39. The Labute approximate surface area is 233 Å². The molecule has 2 heterocycles. The largest absolute Gasteiger partial charge is 0.494 e. The van der Waals surface area contributed by atoms with Crippen LogP contribution >= 0.6 is 54.8 Å². The first-order chi connectivity index (χ1) is 17.5. The molecule has 0 amide bonds. The third-order valence-corrected chi connectivity index (χ3v) is 7.72. The van der Waals surface area contributed by atoms with Crippen LogP contribution in [-0.4, -0.2) is 30.4 Å². The Morgan fingerprint density at radius 1 is 1.22 bits per heavy atom. The first kappa shape index (κ1) is 27.6. The summed E-state index contributed by atoms with van der Waals surface area (Å²) in [5.74, 6) is -0.675. The molecule has 0 saturated heterocycles. The lowest BCUT2D eigenvalue weighted by molar-refractivity contribution is -0.140. The lowest BCUT2D eigenvalue weighted by Crippen LogP contribution is -2.41. The number of ether oxygens (including phenoxy) is 2. The molecular weight excluding hydrogens is 665 g/mol. The number of esters is 1. The number of methoxy groups -OCH3 is 1. The minimum Gasteiger partial charge on any atom is -0.494 e. The fourth-order valence-corrected chi connectivity index (χ4v) is 6.48. The number of aromatic nitrogens is 1. The van der Waals surface area contributed by atoms with Gasteiger partial charge >= 0.3 is 12.1 Å². The molecule has 2 aromatic carbocycles. The average Bonchev–Trinajstić information content (AvgIpc) is 3.13. The Morgan fingerprint density at radius 3 is 2.38 bits per heavy atom. The summed E-state index contributed by atoms with van der Waals surface area (Å²) in [7, 11) is 1.50. The lowest BCUT2D eigenvalue weighted by atomic mass is 9.95. The molecule has 0 radical (unpaired) electrons. The highest BCUT2D eigenvalue weighted by molar-refractivity contribution is 9.11. The van der Waals surface area contributed by atoms with E-state index < -0.39 is 35.0 Å². The van der Waals surface area contributed by atoms with E-state index in [1.165, 1.54) is 44.4 Å². The van der Waals surface area contributed by atoms with Gasteiger partial charge in [0.2, 0.25) is 0 Å². The van der Waals surface area contributed by atoms with E-state index in [1.54, 1.807) is 12.1 Å². The zero-order valence-corrected chi connectivity index (χ0v) is 23.8. The van der Waals surface area contributed by atoms with E-state index in [4.69, 9.17) is 21.1 Å². The molecular formula is C24H16Br2ClF3N2O4S. The van der Waals surface area contributed by atoms with Gasteiger partial charge in [0.15, 0.2) is 10.5 Å². The molecule has 37 heavy (non-hydrogen) atoms. The number of fused-ring (bicyclic) bond motifs is 1. The Balaban J connectivity index is 2.03. The smallest absolute Gasteiger partial charge is 0.434 e. The minimum absolute atomic E-state index is 0.119. The average molecular weight is 681 g/mol. The van der Waals surface area contributed by atoms with E-state index in [1.807, 2.05) is 0 Å². The van der Waals surface area contributed by atoms with Crippen LogP contribution in [0, 0.1) is 0 Å². The number of allylic oxidation sites excluding steroid dienone is 1. The normalized spacial score (nSPS) is 15.9. The van der Waals surface area contributed by atoms with Gasteiger partial charge in [-0.1, -0.05) is 35.1 Å². The third kappa shape index (κ3) is 5.43. The van der Waals surface area contributed by atoms with Crippen molar-refractivity contribution < 1.29 is 27.4 Å². The van der Waals surface area contributed by atoms with Gasteiger partial charge in [0.1, 0.15) is 5.75 Å². The SMILES string of the molecule is CCOC(=O)C1=C(C(F)(F)F)N=c2s/c(=C\c3cc(Br)c(OC)c(Br)c3)c(=O)n2[C@H]1c1ccc(Cl)cc1. The summed E-state index contributed by atoms with van der Waals surface area (Å²) in [6, 6.07) is 7.82. The number of rotatable bonds is 5. The molecule has 0 unspecified atom stereocenters. The van der Waals surface area contributed by atoms with Gasteiger partial charge in [0, 0.05) is 5.02 Å². The lowest BCUT2D eigenvalue weighted by Gasteiger charge is -2.26. The number of thiazole rings is 1. The second kappa shape index (κ2) is 10.8. The van der Waals surface area contributed by atoms with Crippen molar-refractivity contribution >= 4 is 66.8 Å². The molecule has 194 valence electrons. The minimum atomic E-state index is -4.98. The second-order valence-corrected chi connectivity index (χ2v) is 10.8. The highest BCUT2D eigenvalue weighted by atomic mass is 79.9. The van der Waals surface area contributed by atoms with Crippen LogP contribution in [0.5, 0.6) is 5.75 Å². The summed E-state index contributed by atoms with van der Waals surface area (Å²) < 4.78 is 55.1. The fraction of sp³-hybridized carbons (Fsp3) is 0.208. The monoisotopic (exact) mass is 678 g/mol. The fourth-order valence-electron chi connectivity index (χ4n) is 3.81. The summed E-state index contributed by atoms with van der Waals surface area (Å²) in [5.41, 5.74) is -1.98. The van der Waals surface area contributed by atoms with Crippen molar-refractivity contribution in [3.8, 4) is 5.75 Å². The molecule has 6 nitrogen and oxygen atoms in total. The predicted octanol–water partition coefficient (Wildman–Crippen LogP) is 5.53. The van der Waals surface area contributed by atoms with Crippen molar-refractivity contribution in [3.05, 3.63) is 92.5 Å². The standard InChI is InChI=1S/C24H16Br2ClF3N2O4S/c1-3-36-22(34)17-18(12-4-6-13(27)7-5-12)32-21(33)16(37-23(32)31-20(17)24(28,29)30)10-11-8-14(25)19(35-2)15(26)9-11/h4-10,18H,3H2,1-2H3/b16-10-/t18-/m0/s1. The van der Waals surface area contributed by atoms with Crippen LogP contribution < -0.4 is 19.6 Å². The van der Waals surface area contributed by atoms with Crippen LogP contribution in [0.1, 0.15) is 24.1 Å². The molecule has 13 heteroatoms. The van der Waals surface area contributed by atoms with Gasteiger partial charge in [-0.15, -0.1) is 0 Å². The number of alkyl halides is 3. The van der Waals surface area contributed by atoms with Crippen LogP contribution in [0.4, 0.5) is 13.2 Å². The van der Waals surface area contributed by atoms with E-state index in [0.29, 0.717) is 25.3 Å². The molecule has 1 atom stereocenters. The number of halogens is 6. The van der Waals surface area contributed by atoms with Crippen molar-refractivity contribution in [3.63, 3.8) is 0 Å². The van der Waals surface area contributed by atoms with Crippen LogP contribution in [0.25, 0.3) is 6.08 Å². The van der Waals surface area contributed by atoms with E-state index >= 15 is 0 Å². The Bertz CT molecular complexity index is 1570. The summed E-state index contributed by atoms with van der Waals surface area (Å²) >= 11 is 13.6. The van der Waals surface area contributed by atoms with E-state index in [0.717, 1.165) is 15.9 Å². The van der Waals surface area contributed by atoms with Gasteiger partial charge < -0.3 is 9.47 Å². The number of benzene rings is 2. The molecule has 0 aliphatic carbocycles. The van der Waals surface area contributed by atoms with E-state index in [-0.39, 0.29) is 21.5 Å². The molecule has 4 rings (SSSR count). The van der Waals surface area contributed by atoms with Crippen LogP contribution in [0.15, 0.2) is 66.4 Å². The zero-order valence-electron chi connectivity index (χ0n) is 19.0. The molecule has 0 spiro atoms. The molecule has 0 fully saturated rings. The van der Waals surface area contributed by atoms with Crippen molar-refractivity contribution in [1.29, 1.82) is 0 Å². The van der Waals surface area contributed by atoms with Crippen LogP contribution in [0.2, 0.25) is 5.02 Å². The quantitative estimate of drug-likeness (QED) is 0.333. The summed E-state index contributed by atoms with van der Waals surface area (Å²) in [4.78, 5) is 30.0. The predicted molar refractivity (Wildman–Crippen MR) is 141 cm³/mol. The van der Waals surface area contributed by atoms with Gasteiger partial charge in [0.05, 0.1) is 38.8 Å².